The maximum atomic E-state index is 12.6. The van der Waals surface area contributed by atoms with Crippen LogP contribution in [-0.2, 0) is 0 Å². The molecule has 0 radical (unpaired) electrons. The molecule has 1 heterocycles. The van der Waals surface area contributed by atoms with E-state index >= 15 is 0 Å². The Morgan fingerprint density at radius 1 is 1.33 bits per heavy atom. The number of likely N-dealkylation sites (N-methyl/N-ethyl adjacent to an activating group) is 1. The standard InChI is InChI=1S/C9H18F2N2.C2H6/c1-6-4-3-5-13-8(9(10)11)7(6)12-2;1-2/h6-9,12-13H,3-5H2,1-2H3;1-2H3. The highest BCUT2D eigenvalue weighted by Gasteiger charge is 2.33. The molecular formula is C11H24F2N2. The monoisotopic (exact) mass is 222 g/mol. The smallest absolute Gasteiger partial charge is 0.255 e. The Bertz CT molecular complexity index is 154. The van der Waals surface area contributed by atoms with Gasteiger partial charge in [0.25, 0.3) is 6.43 Å². The predicted molar refractivity (Wildman–Crippen MR) is 60.4 cm³/mol. The van der Waals surface area contributed by atoms with Crippen molar-refractivity contribution in [2.24, 2.45) is 5.92 Å². The molecule has 4 heteroatoms. The Hall–Kier alpha value is -0.220. The maximum absolute atomic E-state index is 12.6. The highest BCUT2D eigenvalue weighted by atomic mass is 19.3. The Labute approximate surface area is 91.8 Å². The van der Waals surface area contributed by atoms with E-state index in [4.69, 9.17) is 0 Å². The minimum absolute atomic E-state index is 0.109. The van der Waals surface area contributed by atoms with Crippen molar-refractivity contribution < 1.29 is 8.78 Å². The maximum Gasteiger partial charge on any atom is 0.255 e. The van der Waals surface area contributed by atoms with Crippen LogP contribution in [0.2, 0.25) is 0 Å². The summed E-state index contributed by atoms with van der Waals surface area (Å²) in [5, 5.41) is 5.88. The molecular weight excluding hydrogens is 198 g/mol. The zero-order valence-electron chi connectivity index (χ0n) is 10.2. The SMILES string of the molecule is CC.CNC1C(C)CCCNC1C(F)F. The molecule has 1 rings (SSSR count). The molecule has 3 unspecified atom stereocenters. The normalized spacial score (nSPS) is 31.8. The molecule has 0 amide bonds. The lowest BCUT2D eigenvalue weighted by molar-refractivity contribution is 0.0742. The van der Waals surface area contributed by atoms with E-state index < -0.39 is 12.5 Å². The number of nitrogens with one attached hydrogen (secondary N) is 2. The molecule has 0 bridgehead atoms. The van der Waals surface area contributed by atoms with Gasteiger partial charge in [-0.05, 0) is 32.4 Å². The van der Waals surface area contributed by atoms with E-state index in [1.54, 1.807) is 7.05 Å². The van der Waals surface area contributed by atoms with Gasteiger partial charge in [0.05, 0.1) is 6.04 Å². The Kier molecular flexibility index (Phi) is 7.88. The van der Waals surface area contributed by atoms with Crippen molar-refractivity contribution in [3.05, 3.63) is 0 Å². The molecule has 0 aliphatic carbocycles. The Morgan fingerprint density at radius 2 is 1.93 bits per heavy atom. The van der Waals surface area contributed by atoms with Crippen LogP contribution in [0, 0.1) is 5.92 Å². The second-order valence-corrected chi connectivity index (χ2v) is 3.75. The molecule has 3 atom stereocenters. The largest absolute Gasteiger partial charge is 0.315 e. The van der Waals surface area contributed by atoms with Gasteiger partial charge in [-0.25, -0.2) is 8.78 Å². The van der Waals surface area contributed by atoms with Gasteiger partial charge >= 0.3 is 0 Å². The zero-order valence-corrected chi connectivity index (χ0v) is 10.2. The van der Waals surface area contributed by atoms with Gasteiger partial charge in [0.15, 0.2) is 0 Å². The minimum Gasteiger partial charge on any atom is -0.315 e. The molecule has 15 heavy (non-hydrogen) atoms. The summed E-state index contributed by atoms with van der Waals surface area (Å²) in [6, 6.07) is -0.801. The van der Waals surface area contributed by atoms with E-state index in [1.165, 1.54) is 0 Å². The Balaban J connectivity index is 0.000000921. The summed E-state index contributed by atoms with van der Waals surface area (Å²) in [5.41, 5.74) is 0. The van der Waals surface area contributed by atoms with Crippen molar-refractivity contribution in [3.63, 3.8) is 0 Å². The lowest BCUT2D eigenvalue weighted by atomic mass is 9.93. The minimum atomic E-state index is -2.28. The zero-order chi connectivity index (χ0) is 11.8. The Morgan fingerprint density at radius 3 is 2.40 bits per heavy atom. The summed E-state index contributed by atoms with van der Waals surface area (Å²) in [6.45, 7) is 6.74. The van der Waals surface area contributed by atoms with Crippen molar-refractivity contribution >= 4 is 0 Å². The second-order valence-electron chi connectivity index (χ2n) is 3.75. The summed E-state index contributed by atoms with van der Waals surface area (Å²) >= 11 is 0. The highest BCUT2D eigenvalue weighted by Crippen LogP contribution is 2.20. The molecule has 1 saturated heterocycles. The summed E-state index contributed by atoms with van der Waals surface area (Å²) in [7, 11) is 1.75. The quantitative estimate of drug-likeness (QED) is 0.749. The van der Waals surface area contributed by atoms with Gasteiger partial charge in [0.1, 0.15) is 0 Å². The number of hydrogen-bond acceptors (Lipinski definition) is 2. The second kappa shape index (κ2) is 7.99. The van der Waals surface area contributed by atoms with Crippen LogP contribution < -0.4 is 10.6 Å². The summed E-state index contributed by atoms with van der Waals surface area (Å²) in [5.74, 6) is 0.319. The number of rotatable bonds is 2. The van der Waals surface area contributed by atoms with Crippen LogP contribution in [-0.4, -0.2) is 32.1 Å². The van der Waals surface area contributed by atoms with Crippen LogP contribution >= 0.6 is 0 Å². The lowest BCUT2D eigenvalue weighted by Crippen LogP contribution is -2.52. The van der Waals surface area contributed by atoms with Gasteiger partial charge in [0.2, 0.25) is 0 Å². The molecule has 0 aromatic rings. The van der Waals surface area contributed by atoms with Crippen LogP contribution in [0.25, 0.3) is 0 Å². The molecule has 1 fully saturated rings. The van der Waals surface area contributed by atoms with Gasteiger partial charge in [-0.3, -0.25) is 0 Å². The highest BCUT2D eigenvalue weighted by molar-refractivity contribution is 4.89. The fourth-order valence-electron chi connectivity index (χ4n) is 2.06. The van der Waals surface area contributed by atoms with Crippen LogP contribution in [0.5, 0.6) is 0 Å². The van der Waals surface area contributed by atoms with Crippen molar-refractivity contribution in [1.82, 2.24) is 10.6 Å². The molecule has 0 aromatic heterocycles. The lowest BCUT2D eigenvalue weighted by Gasteiger charge is -2.28. The van der Waals surface area contributed by atoms with Crippen LogP contribution in [0.4, 0.5) is 8.78 Å². The van der Waals surface area contributed by atoms with Crippen LogP contribution in [0.1, 0.15) is 33.6 Å². The third-order valence-corrected chi connectivity index (χ3v) is 2.82. The molecule has 92 valence electrons. The molecule has 0 spiro atoms. The summed E-state index contributed by atoms with van der Waals surface area (Å²) < 4.78 is 25.2. The third kappa shape index (κ3) is 4.43. The number of halogens is 2. The van der Waals surface area contributed by atoms with Crippen molar-refractivity contribution in [1.29, 1.82) is 0 Å². The average Bonchev–Trinajstić information content (AvgIpc) is 2.42. The molecule has 2 N–H and O–H groups in total. The van der Waals surface area contributed by atoms with E-state index in [-0.39, 0.29) is 6.04 Å². The van der Waals surface area contributed by atoms with E-state index in [1.807, 2.05) is 20.8 Å². The van der Waals surface area contributed by atoms with Crippen LogP contribution in [0.15, 0.2) is 0 Å². The first kappa shape index (κ1) is 14.8. The van der Waals surface area contributed by atoms with Crippen LogP contribution in [0.3, 0.4) is 0 Å². The molecule has 0 aromatic carbocycles. The van der Waals surface area contributed by atoms with Gasteiger partial charge < -0.3 is 10.6 Å². The van der Waals surface area contributed by atoms with E-state index in [0.717, 1.165) is 12.8 Å². The molecule has 1 aliphatic rings. The average molecular weight is 222 g/mol. The van der Waals surface area contributed by atoms with E-state index in [0.29, 0.717) is 12.5 Å². The molecule has 0 saturated carbocycles. The molecule has 1 aliphatic heterocycles. The first-order valence-corrected chi connectivity index (χ1v) is 5.85. The van der Waals surface area contributed by atoms with Gasteiger partial charge in [-0.15, -0.1) is 0 Å². The predicted octanol–water partition coefficient (Wildman–Crippen LogP) is 2.25. The van der Waals surface area contributed by atoms with Crippen molar-refractivity contribution in [3.8, 4) is 0 Å². The third-order valence-electron chi connectivity index (χ3n) is 2.82. The van der Waals surface area contributed by atoms with Crippen molar-refractivity contribution in [2.45, 2.75) is 52.1 Å². The van der Waals surface area contributed by atoms with E-state index in [2.05, 4.69) is 10.6 Å². The summed E-state index contributed by atoms with van der Waals surface area (Å²) in [4.78, 5) is 0. The fraction of sp³-hybridized carbons (Fsp3) is 1.00. The first-order chi connectivity index (χ1) is 7.16. The van der Waals surface area contributed by atoms with Crippen molar-refractivity contribution in [2.75, 3.05) is 13.6 Å². The van der Waals surface area contributed by atoms with Gasteiger partial charge in [0, 0.05) is 6.04 Å². The fourth-order valence-corrected chi connectivity index (χ4v) is 2.06. The topological polar surface area (TPSA) is 24.1 Å². The number of alkyl halides is 2. The van der Waals surface area contributed by atoms with Gasteiger partial charge in [-0.2, -0.15) is 0 Å². The van der Waals surface area contributed by atoms with Gasteiger partial charge in [-0.1, -0.05) is 20.8 Å². The summed E-state index contributed by atoms with van der Waals surface area (Å²) in [6.07, 6.45) is -0.275. The van der Waals surface area contributed by atoms with E-state index in [9.17, 15) is 8.78 Å². The first-order valence-electron chi connectivity index (χ1n) is 5.85. The molecule has 2 nitrogen and oxygen atoms in total. The number of hydrogen-bond donors (Lipinski definition) is 2.